The van der Waals surface area contributed by atoms with E-state index in [1.54, 1.807) is 0 Å². The van der Waals surface area contributed by atoms with Crippen LogP contribution in [0.4, 0.5) is 0 Å². The summed E-state index contributed by atoms with van der Waals surface area (Å²) in [5.41, 5.74) is 4.19. The summed E-state index contributed by atoms with van der Waals surface area (Å²) in [4.78, 5) is 37.8. The van der Waals surface area contributed by atoms with E-state index in [9.17, 15) is 0 Å². The van der Waals surface area contributed by atoms with Gasteiger partial charge in [-0.15, -0.1) is 0 Å². The van der Waals surface area contributed by atoms with Crippen LogP contribution < -0.4 is 0 Å². The van der Waals surface area contributed by atoms with Crippen LogP contribution in [0.25, 0.3) is 89.7 Å². The molecule has 2 N–H and O–H groups in total. The Bertz CT molecular complexity index is 2830. The minimum absolute atomic E-state index is 0. The zero-order chi connectivity index (χ0) is 40.1. The molecule has 0 fully saturated rings. The van der Waals surface area contributed by atoms with Crippen LogP contribution in [-0.2, 0) is 17.1 Å². The number of hydrogen-bond acceptors (Lipinski definition) is 6. The maximum atomic E-state index is 7.06. The van der Waals surface area contributed by atoms with Crippen LogP contribution >= 0.6 is 246 Å². The van der Waals surface area contributed by atoms with Gasteiger partial charge in [-0.2, -0.15) is 0 Å². The van der Waals surface area contributed by atoms with E-state index in [0.717, 1.165) is 26.8 Å². The molecule has 0 unspecified atom stereocenters. The average molecular weight is 1750 g/mol. The molecule has 2 aliphatic heterocycles. The Morgan fingerprint density at radius 1 is 0.281 bits per heavy atom. The maximum Gasteiger partial charge on any atom is 1.00 e. The van der Waals surface area contributed by atoms with Crippen LogP contribution in [0, 0.1) is 0 Å². The molecule has 292 valence electrons. The van der Waals surface area contributed by atoms with Crippen molar-refractivity contribution in [3.05, 3.63) is 72.7 Å². The van der Waals surface area contributed by atoms with Gasteiger partial charge in [-0.05, 0) is 223 Å². The molecule has 3 aromatic heterocycles. The summed E-state index contributed by atoms with van der Waals surface area (Å²) < 4.78 is 9.91. The Morgan fingerprint density at radius 3 is 0.842 bits per heavy atom. The zero-order valence-corrected chi connectivity index (χ0v) is 50.7. The first-order valence-electron chi connectivity index (χ1n) is 14.7. The fourth-order valence-corrected chi connectivity index (χ4v) is 15.4. The number of aromatic nitrogens is 8. The molecule has 0 atom stereocenters. The number of rotatable bonds is 0. The molecular weight excluding hydrogens is 1750 g/mol. The van der Waals surface area contributed by atoms with E-state index in [1.807, 2.05) is 0 Å². The maximum absolute atomic E-state index is 7.06. The molecule has 2 aliphatic rings. The van der Waals surface area contributed by atoms with Gasteiger partial charge in [-0.25, -0.2) is 29.9 Å². The van der Waals surface area contributed by atoms with Gasteiger partial charge in [0.1, 0.15) is 22.6 Å². The molecule has 0 spiro atoms. The third-order valence-electron chi connectivity index (χ3n) is 8.68. The second-order valence-electron chi connectivity index (χ2n) is 11.6. The van der Waals surface area contributed by atoms with Crippen molar-refractivity contribution >= 4 is 290 Å². The largest absolute Gasteiger partial charge is 1.00 e. The number of H-pyrrole nitrogens is 2. The molecule has 5 heterocycles. The summed E-state index contributed by atoms with van der Waals surface area (Å²) >= 11 is 66.5. The molecule has 0 amide bonds. The van der Waals surface area contributed by atoms with E-state index in [0.29, 0.717) is 120 Å². The topological polar surface area (TPSA) is 109 Å². The van der Waals surface area contributed by atoms with Crippen LogP contribution in [0.5, 0.6) is 0 Å². The first-order valence-corrected chi connectivity index (χ1v) is 26.6. The molecular formula is C32H2Br14Cl2CuN8+. The Balaban J connectivity index is 0.00000455. The number of nitrogens with zero attached hydrogens (tertiary/aromatic N) is 6. The molecule has 0 radical (unpaired) electrons. The van der Waals surface area contributed by atoms with Crippen molar-refractivity contribution in [1.82, 2.24) is 39.9 Å². The van der Waals surface area contributed by atoms with Crippen molar-refractivity contribution in [1.29, 1.82) is 0 Å². The molecule has 7 aromatic rings. The number of benzene rings is 4. The minimum atomic E-state index is 0. The van der Waals surface area contributed by atoms with Crippen molar-refractivity contribution in [2.45, 2.75) is 0 Å². The summed E-state index contributed by atoms with van der Waals surface area (Å²) in [7, 11) is 0. The molecule has 0 saturated heterocycles. The van der Waals surface area contributed by atoms with Gasteiger partial charge in [-0.3, -0.25) is 0 Å². The molecule has 25 heteroatoms. The summed E-state index contributed by atoms with van der Waals surface area (Å²) in [6, 6.07) is 0. The third kappa shape index (κ3) is 6.95. The zero-order valence-electron chi connectivity index (χ0n) is 26.0. The SMILES string of the molecule is Clc1c(Cl)c2c(c(Br)c1Br)-c1nc-2nc2[nH]c(nc3nc(nc4[nH]c(n1)c1c(Br)c(Br)c(Br)c(Br)c41)-c1c(Br)c(Br)c(Br)c(Br)c1-3)c1c(Br)c(Br)c(Br)c(Br)c21.[Cu+]. The van der Waals surface area contributed by atoms with E-state index in [4.69, 9.17) is 53.1 Å². The van der Waals surface area contributed by atoms with Gasteiger partial charge in [0.2, 0.25) is 0 Å². The van der Waals surface area contributed by atoms with Gasteiger partial charge in [0.25, 0.3) is 0 Å². The summed E-state index contributed by atoms with van der Waals surface area (Å²) in [6.45, 7) is 0. The van der Waals surface area contributed by atoms with Crippen LogP contribution in [-0.4, -0.2) is 39.9 Å². The Morgan fingerprint density at radius 2 is 0.526 bits per heavy atom. The first kappa shape index (κ1) is 45.6. The van der Waals surface area contributed by atoms with Gasteiger partial charge >= 0.3 is 17.1 Å². The minimum Gasteiger partial charge on any atom is -0.324 e. The van der Waals surface area contributed by atoms with E-state index in [-0.39, 0.29) is 32.9 Å². The number of fused-ring (bicyclic) bond motifs is 20. The molecule has 4 aromatic carbocycles. The Kier molecular flexibility index (Phi) is 13.4. The summed E-state index contributed by atoms with van der Waals surface area (Å²) in [6.07, 6.45) is 0. The number of hydrogen-bond donors (Lipinski definition) is 2. The summed E-state index contributed by atoms with van der Waals surface area (Å²) in [5, 5.41) is 3.32. The van der Waals surface area contributed by atoms with E-state index in [1.165, 1.54) is 0 Å². The number of halogens is 16. The second-order valence-corrected chi connectivity index (χ2v) is 23.5. The van der Waals surface area contributed by atoms with E-state index < -0.39 is 0 Å². The molecule has 9 rings (SSSR count). The fraction of sp³-hybridized carbons (Fsp3) is 0. The van der Waals surface area contributed by atoms with Crippen molar-refractivity contribution in [2.75, 3.05) is 0 Å². The smallest absolute Gasteiger partial charge is 0.324 e. The van der Waals surface area contributed by atoms with Gasteiger partial charge in [0.05, 0.1) is 20.1 Å². The Hall–Kier alpha value is 2.06. The van der Waals surface area contributed by atoms with Gasteiger partial charge in [0, 0.05) is 96.4 Å². The van der Waals surface area contributed by atoms with Crippen LogP contribution in [0.3, 0.4) is 0 Å². The molecule has 57 heavy (non-hydrogen) atoms. The number of nitrogens with one attached hydrogen (secondary N) is 2. The predicted octanol–water partition coefficient (Wildman–Crippen LogP) is 18.8. The van der Waals surface area contributed by atoms with Crippen molar-refractivity contribution in [2.24, 2.45) is 0 Å². The fourth-order valence-electron chi connectivity index (χ4n) is 6.24. The van der Waals surface area contributed by atoms with Crippen molar-refractivity contribution in [3.8, 4) is 45.6 Å². The normalized spacial score (nSPS) is 12.1. The third-order valence-corrected chi connectivity index (χ3v) is 26.2. The average Bonchev–Trinajstić information content (AvgIpc) is 3.92. The molecule has 8 bridgehead atoms. The van der Waals surface area contributed by atoms with Gasteiger partial charge in [0.15, 0.2) is 23.3 Å². The molecule has 0 saturated carbocycles. The molecule has 8 nitrogen and oxygen atoms in total. The monoisotopic (exact) mass is 1740 g/mol. The van der Waals surface area contributed by atoms with Crippen LogP contribution in [0.15, 0.2) is 62.6 Å². The quantitative estimate of drug-likeness (QED) is 0.0889. The van der Waals surface area contributed by atoms with Crippen molar-refractivity contribution in [3.63, 3.8) is 0 Å². The van der Waals surface area contributed by atoms with Crippen molar-refractivity contribution < 1.29 is 17.1 Å². The van der Waals surface area contributed by atoms with E-state index >= 15 is 0 Å². The van der Waals surface area contributed by atoms with E-state index in [2.05, 4.69) is 233 Å². The standard InChI is InChI=1S/C32H2Br14Cl2N8.Cu/c33-9-1-2(10(34)17(41)16(9)40)26-49-25(1)50-27-3-4(12(36)19(43)18(42)11(3)35)29(52-27)54-31-7-8(23(47)24(48)22(46)15(7)39)32(56-31)55-30-6-5(28(51-26)53-30)13(37)20(44)21(45)14(6)38;/h(H2,49,50,51,52,53,54,55,56);/q;+1. The van der Waals surface area contributed by atoms with Crippen LogP contribution in [0.1, 0.15) is 0 Å². The van der Waals surface area contributed by atoms with Crippen LogP contribution in [0.2, 0.25) is 10.0 Å². The molecule has 0 aliphatic carbocycles. The summed E-state index contributed by atoms with van der Waals surface area (Å²) in [5.74, 6) is 1.31. The number of aromatic amines is 2. The predicted molar refractivity (Wildman–Crippen MR) is 274 cm³/mol. The van der Waals surface area contributed by atoms with Gasteiger partial charge in [-0.1, -0.05) is 23.2 Å². The second kappa shape index (κ2) is 16.8. The Labute approximate surface area is 457 Å². The van der Waals surface area contributed by atoms with Gasteiger partial charge < -0.3 is 9.97 Å². The first-order chi connectivity index (χ1) is 26.4.